The zero-order chi connectivity index (χ0) is 32.5. The standard InChI is InChI=1S/C37H55NO6S/c1-5-6-7-8-9-10-11-12-13-18-23-42-24-28(39)26-45-27-34(35(40)44-37(2,3)4)38-36(41)43-25-33-31-21-16-14-19-29(31)30-20-15-17-22-32(30)33/h14-17,19-22,28,33-34,39H,5-13,18,23-27H2,1-4H3,(H,38,41)/t28-,34?/m1/s1. The molecule has 8 heteroatoms. The van der Waals surface area contributed by atoms with Crippen LogP contribution in [0.2, 0.25) is 0 Å². The van der Waals surface area contributed by atoms with E-state index in [4.69, 9.17) is 14.2 Å². The number of alkyl carbamates (subject to hydrolysis) is 1. The van der Waals surface area contributed by atoms with Gasteiger partial charge in [0.15, 0.2) is 0 Å². The molecule has 3 rings (SSSR count). The lowest BCUT2D eigenvalue weighted by Gasteiger charge is -2.25. The second-order valence-corrected chi connectivity index (χ2v) is 14.1. The summed E-state index contributed by atoms with van der Waals surface area (Å²) in [6.45, 7) is 8.66. The minimum Gasteiger partial charge on any atom is -0.458 e. The molecular formula is C37H55NO6S. The summed E-state index contributed by atoms with van der Waals surface area (Å²) >= 11 is 1.37. The molecule has 0 spiro atoms. The van der Waals surface area contributed by atoms with Gasteiger partial charge in [0.1, 0.15) is 18.2 Å². The number of ether oxygens (including phenoxy) is 3. The Morgan fingerprint density at radius 1 is 0.844 bits per heavy atom. The summed E-state index contributed by atoms with van der Waals surface area (Å²) < 4.78 is 16.9. The van der Waals surface area contributed by atoms with Crippen LogP contribution in [-0.4, -0.2) is 66.2 Å². The topological polar surface area (TPSA) is 94.1 Å². The second kappa shape index (κ2) is 19.9. The predicted molar refractivity (Wildman–Crippen MR) is 184 cm³/mol. The molecule has 1 aliphatic rings. The van der Waals surface area contributed by atoms with E-state index in [1.54, 1.807) is 20.8 Å². The van der Waals surface area contributed by atoms with E-state index in [1.165, 1.54) is 63.1 Å². The summed E-state index contributed by atoms with van der Waals surface area (Å²) in [7, 11) is 0. The second-order valence-electron chi connectivity index (χ2n) is 13.0. The molecule has 1 aliphatic carbocycles. The van der Waals surface area contributed by atoms with Gasteiger partial charge in [-0.3, -0.25) is 0 Å². The zero-order valence-electron chi connectivity index (χ0n) is 27.9. The number of hydrogen-bond donors (Lipinski definition) is 2. The maximum atomic E-state index is 13.0. The Balaban J connectivity index is 1.37. The maximum Gasteiger partial charge on any atom is 0.407 e. The monoisotopic (exact) mass is 641 g/mol. The molecule has 7 nitrogen and oxygen atoms in total. The van der Waals surface area contributed by atoms with E-state index >= 15 is 0 Å². The summed E-state index contributed by atoms with van der Waals surface area (Å²) in [6.07, 6.45) is 11.4. The minimum absolute atomic E-state index is 0.0760. The molecule has 0 saturated heterocycles. The van der Waals surface area contributed by atoms with Crippen LogP contribution < -0.4 is 5.32 Å². The fourth-order valence-corrected chi connectivity index (χ4v) is 6.56. The largest absolute Gasteiger partial charge is 0.458 e. The van der Waals surface area contributed by atoms with Gasteiger partial charge in [0.25, 0.3) is 0 Å². The molecule has 2 atom stereocenters. The Morgan fingerprint density at radius 3 is 1.98 bits per heavy atom. The fourth-order valence-electron chi connectivity index (χ4n) is 5.60. The number of unbranched alkanes of at least 4 members (excludes halogenated alkanes) is 9. The van der Waals surface area contributed by atoms with Gasteiger partial charge < -0.3 is 24.6 Å². The lowest BCUT2D eigenvalue weighted by molar-refractivity contribution is -0.156. The van der Waals surface area contributed by atoms with Gasteiger partial charge in [-0.1, -0.05) is 113 Å². The number of rotatable bonds is 21. The average Bonchev–Trinajstić information content (AvgIpc) is 3.32. The predicted octanol–water partition coefficient (Wildman–Crippen LogP) is 8.27. The number of nitrogens with one attached hydrogen (secondary N) is 1. The van der Waals surface area contributed by atoms with Gasteiger partial charge in [0, 0.05) is 24.0 Å². The molecule has 2 aromatic rings. The molecule has 1 unspecified atom stereocenters. The number of hydrogen-bond acceptors (Lipinski definition) is 7. The normalized spacial score (nSPS) is 14.0. The van der Waals surface area contributed by atoms with Crippen LogP contribution in [0.3, 0.4) is 0 Å². The summed E-state index contributed by atoms with van der Waals surface area (Å²) in [4.78, 5) is 25.9. The van der Waals surface area contributed by atoms with Gasteiger partial charge in [0.05, 0.1) is 12.7 Å². The Morgan fingerprint density at radius 2 is 1.40 bits per heavy atom. The van der Waals surface area contributed by atoms with E-state index in [2.05, 4.69) is 36.5 Å². The maximum absolute atomic E-state index is 13.0. The van der Waals surface area contributed by atoms with Crippen molar-refractivity contribution >= 4 is 23.8 Å². The highest BCUT2D eigenvalue weighted by Crippen LogP contribution is 2.44. The number of amides is 1. The number of thioether (sulfide) groups is 1. The SMILES string of the molecule is CCCCCCCCCCCCOC[C@@H](O)CSCC(NC(=O)OCC1c2ccccc2-c2ccccc21)C(=O)OC(C)(C)C. The first kappa shape index (κ1) is 36.9. The van der Waals surface area contributed by atoms with E-state index < -0.39 is 29.8 Å². The van der Waals surface area contributed by atoms with Gasteiger partial charge in [-0.25, -0.2) is 9.59 Å². The smallest absolute Gasteiger partial charge is 0.407 e. The van der Waals surface area contributed by atoms with Gasteiger partial charge in [-0.05, 0) is 49.4 Å². The Kier molecular flexibility index (Phi) is 16.3. The lowest BCUT2D eigenvalue weighted by Crippen LogP contribution is -2.46. The van der Waals surface area contributed by atoms with Crippen LogP contribution in [0.4, 0.5) is 4.79 Å². The van der Waals surface area contributed by atoms with Gasteiger partial charge in [-0.15, -0.1) is 0 Å². The number of benzene rings is 2. The Labute approximate surface area is 275 Å². The molecule has 0 radical (unpaired) electrons. The summed E-state index contributed by atoms with van der Waals surface area (Å²) in [5.74, 6) is 0.0152. The third kappa shape index (κ3) is 13.4. The van der Waals surface area contributed by atoms with Crippen LogP contribution in [0.5, 0.6) is 0 Å². The third-order valence-corrected chi connectivity index (χ3v) is 9.06. The van der Waals surface area contributed by atoms with Crippen LogP contribution in [0.1, 0.15) is 109 Å². The number of carbonyl (C=O) groups is 2. The van der Waals surface area contributed by atoms with Gasteiger partial charge in [0.2, 0.25) is 0 Å². The lowest BCUT2D eigenvalue weighted by atomic mass is 9.98. The van der Waals surface area contributed by atoms with Crippen LogP contribution in [0.25, 0.3) is 11.1 Å². The summed E-state index contributed by atoms with van der Waals surface area (Å²) in [5, 5.41) is 13.1. The van der Waals surface area contributed by atoms with Crippen LogP contribution in [-0.2, 0) is 19.0 Å². The van der Waals surface area contributed by atoms with E-state index in [9.17, 15) is 14.7 Å². The average molecular weight is 642 g/mol. The fraction of sp³-hybridized carbons (Fsp3) is 0.622. The molecule has 0 fully saturated rings. The molecule has 2 aromatic carbocycles. The van der Waals surface area contributed by atoms with Crippen molar-refractivity contribution in [3.63, 3.8) is 0 Å². The molecule has 0 bridgehead atoms. The van der Waals surface area contributed by atoms with Crippen LogP contribution in [0.15, 0.2) is 48.5 Å². The van der Waals surface area contributed by atoms with E-state index in [-0.39, 0.29) is 24.9 Å². The molecule has 0 aliphatic heterocycles. The number of fused-ring (bicyclic) bond motifs is 3. The summed E-state index contributed by atoms with van der Waals surface area (Å²) in [6, 6.07) is 15.4. The van der Waals surface area contributed by atoms with E-state index in [0.717, 1.165) is 35.1 Å². The third-order valence-electron chi connectivity index (χ3n) is 7.87. The zero-order valence-corrected chi connectivity index (χ0v) is 28.7. The minimum atomic E-state index is -0.912. The van der Waals surface area contributed by atoms with Crippen molar-refractivity contribution in [3.8, 4) is 11.1 Å². The van der Waals surface area contributed by atoms with Crippen molar-refractivity contribution in [2.24, 2.45) is 0 Å². The summed E-state index contributed by atoms with van der Waals surface area (Å²) in [5.41, 5.74) is 3.84. The van der Waals surface area contributed by atoms with Gasteiger partial charge >= 0.3 is 12.1 Å². The molecule has 1 amide bonds. The van der Waals surface area contributed by atoms with E-state index in [1.807, 2.05) is 24.3 Å². The van der Waals surface area contributed by atoms with Crippen molar-refractivity contribution in [1.82, 2.24) is 5.32 Å². The molecular weight excluding hydrogens is 586 g/mol. The molecule has 2 N–H and O–H groups in total. The first-order valence-corrected chi connectivity index (χ1v) is 18.0. The molecule has 0 aromatic heterocycles. The first-order valence-electron chi connectivity index (χ1n) is 16.9. The Bertz CT molecular complexity index is 1120. The number of esters is 1. The van der Waals surface area contributed by atoms with Crippen molar-refractivity contribution in [2.75, 3.05) is 31.3 Å². The quantitative estimate of drug-likeness (QED) is 0.105. The Hall–Kier alpha value is -2.55. The number of aliphatic hydroxyl groups excluding tert-OH is 1. The number of aliphatic hydroxyl groups is 1. The van der Waals surface area contributed by atoms with Crippen molar-refractivity contribution in [1.29, 1.82) is 0 Å². The molecule has 45 heavy (non-hydrogen) atoms. The molecule has 0 heterocycles. The highest BCUT2D eigenvalue weighted by molar-refractivity contribution is 7.99. The molecule has 0 saturated carbocycles. The highest BCUT2D eigenvalue weighted by Gasteiger charge is 2.31. The van der Waals surface area contributed by atoms with Crippen molar-refractivity contribution in [2.45, 2.75) is 116 Å². The van der Waals surface area contributed by atoms with Crippen molar-refractivity contribution < 1.29 is 28.9 Å². The highest BCUT2D eigenvalue weighted by atomic mass is 32.2. The van der Waals surface area contributed by atoms with Gasteiger partial charge in [-0.2, -0.15) is 11.8 Å². The van der Waals surface area contributed by atoms with E-state index in [0.29, 0.717) is 12.4 Å². The van der Waals surface area contributed by atoms with Crippen molar-refractivity contribution in [3.05, 3.63) is 59.7 Å². The van der Waals surface area contributed by atoms with Crippen LogP contribution in [0, 0.1) is 0 Å². The first-order chi connectivity index (χ1) is 21.7. The molecule has 250 valence electrons. The number of carbonyl (C=O) groups excluding carboxylic acids is 2. The van der Waals surface area contributed by atoms with Crippen LogP contribution >= 0.6 is 11.8 Å².